The van der Waals surface area contributed by atoms with Crippen molar-refractivity contribution in [2.75, 3.05) is 7.11 Å². The van der Waals surface area contributed by atoms with Crippen LogP contribution in [0.25, 0.3) is 0 Å². The van der Waals surface area contributed by atoms with Gasteiger partial charge < -0.3 is 9.72 Å². The van der Waals surface area contributed by atoms with Crippen molar-refractivity contribution in [2.24, 2.45) is 5.14 Å². The van der Waals surface area contributed by atoms with Gasteiger partial charge in [-0.15, -0.1) is 0 Å². The molecule has 0 saturated heterocycles. The Morgan fingerprint density at radius 3 is 2.44 bits per heavy atom. The number of primary sulfonamides is 1. The summed E-state index contributed by atoms with van der Waals surface area (Å²) in [5.74, 6) is -0.655. The fourth-order valence-corrected chi connectivity index (χ4v) is 1.84. The second kappa shape index (κ2) is 4.18. The standard InChI is InChI=1S/C7H8F2N2O4S/c1-15-6-3(16(10,13)14)2-4(12)11-5(6)7(8)9/h2,7H,1H3,(H,11,12)(H2,10,13,14). The molecule has 3 N–H and O–H groups in total. The van der Waals surface area contributed by atoms with Gasteiger partial charge in [-0.05, 0) is 0 Å². The lowest BCUT2D eigenvalue weighted by Crippen LogP contribution is -2.20. The van der Waals surface area contributed by atoms with Gasteiger partial charge in [-0.3, -0.25) is 4.79 Å². The van der Waals surface area contributed by atoms with E-state index in [1.807, 2.05) is 0 Å². The van der Waals surface area contributed by atoms with Crippen molar-refractivity contribution in [1.82, 2.24) is 4.98 Å². The van der Waals surface area contributed by atoms with E-state index in [9.17, 15) is 22.0 Å². The molecule has 16 heavy (non-hydrogen) atoms. The summed E-state index contributed by atoms with van der Waals surface area (Å²) in [6.45, 7) is 0. The summed E-state index contributed by atoms with van der Waals surface area (Å²) in [6.07, 6.45) is -3.08. The highest BCUT2D eigenvalue weighted by Crippen LogP contribution is 2.30. The number of hydrogen-bond donors (Lipinski definition) is 2. The molecule has 0 spiro atoms. The Hall–Kier alpha value is -1.48. The second-order valence-corrected chi connectivity index (χ2v) is 4.32. The van der Waals surface area contributed by atoms with E-state index in [0.29, 0.717) is 6.07 Å². The summed E-state index contributed by atoms with van der Waals surface area (Å²) in [5, 5.41) is 4.77. The monoisotopic (exact) mass is 254 g/mol. The first kappa shape index (κ1) is 12.6. The topological polar surface area (TPSA) is 102 Å². The van der Waals surface area contributed by atoms with Crippen LogP contribution in [0.5, 0.6) is 5.75 Å². The van der Waals surface area contributed by atoms with Crippen LogP contribution in [0, 0.1) is 0 Å². The van der Waals surface area contributed by atoms with E-state index < -0.39 is 38.3 Å². The molecule has 0 aromatic carbocycles. The van der Waals surface area contributed by atoms with Crippen molar-refractivity contribution in [3.8, 4) is 5.75 Å². The van der Waals surface area contributed by atoms with Gasteiger partial charge in [-0.1, -0.05) is 0 Å². The SMILES string of the molecule is COc1c(S(N)(=O)=O)cc(=O)[nH]c1C(F)F. The van der Waals surface area contributed by atoms with Gasteiger partial charge >= 0.3 is 0 Å². The van der Waals surface area contributed by atoms with E-state index >= 15 is 0 Å². The Morgan fingerprint density at radius 2 is 2.06 bits per heavy atom. The predicted molar refractivity (Wildman–Crippen MR) is 49.9 cm³/mol. The van der Waals surface area contributed by atoms with Crippen LogP contribution in [0.4, 0.5) is 8.78 Å². The van der Waals surface area contributed by atoms with Crippen LogP contribution in [0.2, 0.25) is 0 Å². The smallest absolute Gasteiger partial charge is 0.282 e. The highest BCUT2D eigenvalue weighted by molar-refractivity contribution is 7.89. The van der Waals surface area contributed by atoms with Crippen LogP contribution in [-0.4, -0.2) is 20.5 Å². The predicted octanol–water partition coefficient (Wildman–Crippen LogP) is -0.0315. The molecule has 1 rings (SSSR count). The maximum Gasteiger partial charge on any atom is 0.282 e. The summed E-state index contributed by atoms with van der Waals surface area (Å²) in [4.78, 5) is 12.0. The molecular formula is C7H8F2N2O4S. The maximum atomic E-state index is 12.5. The Bertz CT molecular complexity index is 552. The first-order valence-electron chi connectivity index (χ1n) is 3.89. The Labute approximate surface area is 89.1 Å². The Balaban J connectivity index is 3.69. The minimum absolute atomic E-state index is 0.583. The minimum Gasteiger partial charge on any atom is -0.493 e. The summed E-state index contributed by atoms with van der Waals surface area (Å²) in [6, 6.07) is 0.583. The van der Waals surface area contributed by atoms with Gasteiger partial charge in [0, 0.05) is 6.07 Å². The zero-order valence-corrected chi connectivity index (χ0v) is 8.85. The molecule has 0 atom stereocenters. The molecular weight excluding hydrogens is 246 g/mol. The second-order valence-electron chi connectivity index (χ2n) is 2.79. The molecule has 0 amide bonds. The van der Waals surface area contributed by atoms with E-state index in [4.69, 9.17) is 5.14 Å². The van der Waals surface area contributed by atoms with Crippen LogP contribution in [0.15, 0.2) is 15.8 Å². The molecule has 90 valence electrons. The van der Waals surface area contributed by atoms with E-state index in [-0.39, 0.29) is 0 Å². The van der Waals surface area contributed by atoms with Gasteiger partial charge in [0.15, 0.2) is 5.75 Å². The van der Waals surface area contributed by atoms with Crippen molar-refractivity contribution >= 4 is 10.0 Å². The third kappa shape index (κ3) is 2.36. The van der Waals surface area contributed by atoms with Crippen LogP contribution < -0.4 is 15.4 Å². The molecule has 0 fully saturated rings. The molecule has 0 bridgehead atoms. The molecule has 0 aliphatic rings. The van der Waals surface area contributed by atoms with Crippen molar-refractivity contribution < 1.29 is 21.9 Å². The highest BCUT2D eigenvalue weighted by atomic mass is 32.2. The third-order valence-electron chi connectivity index (χ3n) is 1.72. The number of nitrogens with two attached hydrogens (primary N) is 1. The minimum atomic E-state index is -4.30. The van der Waals surface area contributed by atoms with Crippen molar-refractivity contribution in [1.29, 1.82) is 0 Å². The number of methoxy groups -OCH3 is 1. The van der Waals surface area contributed by atoms with Crippen molar-refractivity contribution in [3.63, 3.8) is 0 Å². The highest BCUT2D eigenvalue weighted by Gasteiger charge is 2.24. The molecule has 1 aromatic heterocycles. The van der Waals surface area contributed by atoms with E-state index in [1.54, 1.807) is 4.98 Å². The van der Waals surface area contributed by atoms with Crippen LogP contribution in [-0.2, 0) is 10.0 Å². The van der Waals surface area contributed by atoms with Gasteiger partial charge in [0.25, 0.3) is 6.43 Å². The number of hydrogen-bond acceptors (Lipinski definition) is 4. The Kier molecular flexibility index (Phi) is 3.29. The molecule has 0 unspecified atom stereocenters. The summed E-state index contributed by atoms with van der Waals surface area (Å²) < 4.78 is 51.5. The lowest BCUT2D eigenvalue weighted by Gasteiger charge is -2.10. The Morgan fingerprint density at radius 1 is 1.50 bits per heavy atom. The number of nitrogens with one attached hydrogen (secondary N) is 1. The van der Waals surface area contributed by atoms with Crippen molar-refractivity contribution in [2.45, 2.75) is 11.3 Å². The van der Waals surface area contributed by atoms with E-state index in [0.717, 1.165) is 7.11 Å². The lowest BCUT2D eigenvalue weighted by atomic mass is 10.3. The fraction of sp³-hybridized carbons (Fsp3) is 0.286. The zero-order valence-electron chi connectivity index (χ0n) is 8.03. The summed E-state index contributed by atoms with van der Waals surface area (Å²) in [7, 11) is -3.31. The largest absolute Gasteiger partial charge is 0.493 e. The fourth-order valence-electron chi connectivity index (χ4n) is 1.12. The first-order valence-corrected chi connectivity index (χ1v) is 5.44. The van der Waals surface area contributed by atoms with Crippen LogP contribution in [0.1, 0.15) is 12.1 Å². The van der Waals surface area contributed by atoms with E-state index in [1.165, 1.54) is 0 Å². The molecule has 1 heterocycles. The van der Waals surface area contributed by atoms with E-state index in [2.05, 4.69) is 4.74 Å². The zero-order chi connectivity index (χ0) is 12.5. The molecule has 9 heteroatoms. The summed E-state index contributed by atoms with van der Waals surface area (Å²) >= 11 is 0. The first-order chi connectivity index (χ1) is 7.27. The van der Waals surface area contributed by atoms with Gasteiger partial charge in [0.2, 0.25) is 15.6 Å². The number of alkyl halides is 2. The summed E-state index contributed by atoms with van der Waals surface area (Å²) in [5.41, 5.74) is -1.92. The number of pyridine rings is 1. The molecule has 0 aliphatic carbocycles. The van der Waals surface area contributed by atoms with Gasteiger partial charge in [-0.25, -0.2) is 22.3 Å². The maximum absolute atomic E-state index is 12.5. The number of halogens is 2. The van der Waals surface area contributed by atoms with Crippen LogP contribution >= 0.6 is 0 Å². The number of ether oxygens (including phenoxy) is 1. The number of rotatable bonds is 3. The molecule has 6 nitrogen and oxygen atoms in total. The molecule has 1 aromatic rings. The van der Waals surface area contributed by atoms with Gasteiger partial charge in [-0.2, -0.15) is 0 Å². The molecule has 0 saturated carbocycles. The number of aromatic nitrogens is 1. The lowest BCUT2D eigenvalue weighted by molar-refractivity contribution is 0.140. The number of sulfonamides is 1. The van der Waals surface area contributed by atoms with Crippen molar-refractivity contribution in [3.05, 3.63) is 22.1 Å². The number of H-pyrrole nitrogens is 1. The number of aromatic amines is 1. The van der Waals surface area contributed by atoms with Gasteiger partial charge in [0.05, 0.1) is 7.11 Å². The molecule has 0 aliphatic heterocycles. The van der Waals surface area contributed by atoms with Gasteiger partial charge in [0.1, 0.15) is 10.6 Å². The van der Waals surface area contributed by atoms with Crippen LogP contribution in [0.3, 0.4) is 0 Å². The quantitative estimate of drug-likeness (QED) is 0.790. The average Bonchev–Trinajstić information content (AvgIpc) is 2.14. The third-order valence-corrected chi connectivity index (χ3v) is 2.63. The molecule has 0 radical (unpaired) electrons. The normalized spacial score (nSPS) is 11.8. The average molecular weight is 254 g/mol.